The summed E-state index contributed by atoms with van der Waals surface area (Å²) in [6, 6.07) is 0. The number of rotatable bonds is 8. The molecule has 0 saturated carbocycles. The molecule has 0 spiro atoms. The summed E-state index contributed by atoms with van der Waals surface area (Å²) in [6.45, 7) is 7.49. The molecule has 0 N–H and O–H groups in total. The van der Waals surface area contributed by atoms with Gasteiger partial charge in [-0.2, -0.15) is 9.97 Å². The Kier molecular flexibility index (Phi) is 7.56. The lowest BCUT2D eigenvalue weighted by atomic mass is 10.3. The van der Waals surface area contributed by atoms with Crippen molar-refractivity contribution in [3.8, 4) is 0 Å². The van der Waals surface area contributed by atoms with Crippen LogP contribution in [0.15, 0.2) is 0 Å². The number of aromatic nitrogens is 4. The Balaban J connectivity index is 1.61. The number of hydrogen-bond acceptors (Lipinski definition) is 10. The van der Waals surface area contributed by atoms with Gasteiger partial charge in [0, 0.05) is 52.9 Å². The molecule has 31 heavy (non-hydrogen) atoms. The highest BCUT2D eigenvalue weighted by Crippen LogP contribution is 2.27. The molecule has 11 nitrogen and oxygen atoms in total. The third-order valence-corrected chi connectivity index (χ3v) is 6.40. The van der Waals surface area contributed by atoms with Crippen LogP contribution < -0.4 is 4.90 Å². The van der Waals surface area contributed by atoms with Crippen molar-refractivity contribution in [2.45, 2.75) is 13.1 Å². The highest BCUT2D eigenvalue weighted by Gasteiger charge is 2.25. The zero-order chi connectivity index (χ0) is 21.8. The Hall–Kier alpha value is -1.57. The van der Waals surface area contributed by atoms with Crippen molar-refractivity contribution < 1.29 is 17.9 Å². The normalized spacial score (nSPS) is 19.0. The van der Waals surface area contributed by atoms with E-state index in [1.54, 1.807) is 7.11 Å². The minimum atomic E-state index is -2.39. The fourth-order valence-electron chi connectivity index (χ4n) is 3.99. The molecule has 0 bridgehead atoms. The smallest absolute Gasteiger partial charge is 0.226 e. The van der Waals surface area contributed by atoms with Gasteiger partial charge in [-0.15, -0.1) is 0 Å². The van der Waals surface area contributed by atoms with Crippen molar-refractivity contribution in [3.05, 3.63) is 11.1 Å². The van der Waals surface area contributed by atoms with E-state index in [0.717, 1.165) is 43.3 Å². The van der Waals surface area contributed by atoms with Gasteiger partial charge < -0.3 is 18.9 Å². The minimum absolute atomic E-state index is 0.118. The fraction of sp³-hybridized carbons (Fsp3) is 0.722. The van der Waals surface area contributed by atoms with Gasteiger partial charge in [0.15, 0.2) is 27.7 Å². The summed E-state index contributed by atoms with van der Waals surface area (Å²) in [4.78, 5) is 20.3. The van der Waals surface area contributed by atoms with Crippen LogP contribution in [0.5, 0.6) is 0 Å². The van der Waals surface area contributed by atoms with Gasteiger partial charge in [0.2, 0.25) is 5.28 Å². The summed E-state index contributed by atoms with van der Waals surface area (Å²) in [5.41, 5.74) is 1.44. The number of methoxy groups -OCH3 is 1. The Morgan fingerprint density at radius 2 is 1.74 bits per heavy atom. The molecule has 2 aromatic heterocycles. The topological polar surface area (TPSA) is 106 Å². The largest absolute Gasteiger partial charge is 0.383 e. The zero-order valence-corrected chi connectivity index (χ0v) is 19.2. The number of imidazole rings is 1. The van der Waals surface area contributed by atoms with Crippen LogP contribution >= 0.6 is 11.6 Å². The van der Waals surface area contributed by atoms with Gasteiger partial charge in [0.25, 0.3) is 0 Å². The molecule has 4 rings (SSSR count). The van der Waals surface area contributed by atoms with Crippen molar-refractivity contribution in [1.82, 2.24) is 29.3 Å². The summed E-state index contributed by atoms with van der Waals surface area (Å²) in [5.74, 6) is 1.73. The average molecular weight is 474 g/mol. The lowest BCUT2D eigenvalue weighted by molar-refractivity contribution is 0.122. The summed E-state index contributed by atoms with van der Waals surface area (Å²) in [5, 5.41) is 0.194. The fourth-order valence-corrected chi connectivity index (χ4v) is 4.76. The molecule has 0 atom stereocenters. The van der Waals surface area contributed by atoms with Gasteiger partial charge in [0.1, 0.15) is 5.82 Å². The van der Waals surface area contributed by atoms with Crippen LogP contribution in [0.4, 0.5) is 5.82 Å². The van der Waals surface area contributed by atoms with Crippen molar-refractivity contribution in [2.24, 2.45) is 0 Å². The summed E-state index contributed by atoms with van der Waals surface area (Å²) in [7, 11) is -0.723. The summed E-state index contributed by atoms with van der Waals surface area (Å²) in [6.07, 6.45) is 0. The quantitative estimate of drug-likeness (QED) is 0.404. The van der Waals surface area contributed by atoms with E-state index in [1.165, 1.54) is 0 Å². The first-order chi connectivity index (χ1) is 15.0. The van der Waals surface area contributed by atoms with Crippen LogP contribution in [0.2, 0.25) is 5.28 Å². The molecule has 0 aromatic carbocycles. The summed E-state index contributed by atoms with van der Waals surface area (Å²) < 4.78 is 34.8. The standard InChI is InChI=1S/C18H28ClN7O4S/c1-29-9-8-26-14(12-23-2-4-24(5-3-23)13-31(27)28)20-15-16(21-18(19)22-17(15)26)25-6-10-30-11-7-25/h31H,2-13H2,1H3. The first-order valence-corrected chi connectivity index (χ1v) is 12.1. The van der Waals surface area contributed by atoms with E-state index in [0.29, 0.717) is 51.6 Å². The molecular formula is C18H28ClN7O4S. The van der Waals surface area contributed by atoms with E-state index in [2.05, 4.69) is 24.3 Å². The number of halogens is 1. The second-order valence-electron chi connectivity index (χ2n) is 7.63. The molecule has 2 fully saturated rings. The molecule has 2 aliphatic heterocycles. The van der Waals surface area contributed by atoms with Gasteiger partial charge in [-0.05, 0) is 11.6 Å². The molecule has 2 aliphatic rings. The zero-order valence-electron chi connectivity index (χ0n) is 17.6. The Morgan fingerprint density at radius 3 is 2.42 bits per heavy atom. The second-order valence-corrected chi connectivity index (χ2v) is 8.92. The maximum absolute atomic E-state index is 11.0. The maximum atomic E-state index is 11.0. The molecule has 13 heteroatoms. The molecular weight excluding hydrogens is 446 g/mol. The van der Waals surface area contributed by atoms with Crippen LogP contribution in [0.25, 0.3) is 11.2 Å². The number of piperazine rings is 1. The van der Waals surface area contributed by atoms with E-state index >= 15 is 0 Å². The van der Waals surface area contributed by atoms with Gasteiger partial charge >= 0.3 is 0 Å². The van der Waals surface area contributed by atoms with Crippen LogP contribution in [0.1, 0.15) is 5.82 Å². The maximum Gasteiger partial charge on any atom is 0.226 e. The van der Waals surface area contributed by atoms with Crippen LogP contribution in [-0.4, -0.2) is 110 Å². The molecule has 0 unspecified atom stereocenters. The average Bonchev–Trinajstić information content (AvgIpc) is 3.10. The third-order valence-electron chi connectivity index (χ3n) is 5.60. The predicted octanol–water partition coefficient (Wildman–Crippen LogP) is -0.351. The molecule has 172 valence electrons. The number of hydrogen-bond donors (Lipinski definition) is 1. The van der Waals surface area contributed by atoms with Crippen LogP contribution in [0, 0.1) is 0 Å². The third kappa shape index (κ3) is 5.44. The van der Waals surface area contributed by atoms with E-state index in [9.17, 15) is 8.42 Å². The lowest BCUT2D eigenvalue weighted by Gasteiger charge is -2.33. The number of nitrogens with zero attached hydrogens (tertiary/aromatic N) is 7. The number of fused-ring (bicyclic) bond motifs is 1. The number of morpholine rings is 1. The highest BCUT2D eigenvalue weighted by atomic mass is 35.5. The van der Waals surface area contributed by atoms with Crippen molar-refractivity contribution in [1.29, 1.82) is 0 Å². The monoisotopic (exact) mass is 473 g/mol. The van der Waals surface area contributed by atoms with E-state index in [-0.39, 0.29) is 11.2 Å². The molecule has 2 aromatic rings. The number of anilines is 1. The SMILES string of the molecule is COCCn1c(CN2CCN(C[SH](=O)=O)CC2)nc2c(N3CCOCC3)nc(Cl)nc21. The molecule has 4 heterocycles. The molecule has 2 saturated heterocycles. The predicted molar refractivity (Wildman–Crippen MR) is 117 cm³/mol. The van der Waals surface area contributed by atoms with Crippen molar-refractivity contribution in [3.63, 3.8) is 0 Å². The first kappa shape index (κ1) is 22.6. The van der Waals surface area contributed by atoms with Gasteiger partial charge in [-0.25, -0.2) is 13.4 Å². The van der Waals surface area contributed by atoms with E-state index < -0.39 is 10.7 Å². The van der Waals surface area contributed by atoms with Crippen molar-refractivity contribution >= 4 is 39.3 Å². The Morgan fingerprint density at radius 1 is 1.03 bits per heavy atom. The first-order valence-electron chi connectivity index (χ1n) is 10.4. The Bertz CT molecular complexity index is 963. The lowest BCUT2D eigenvalue weighted by Crippen LogP contribution is -2.46. The van der Waals surface area contributed by atoms with Crippen LogP contribution in [0.3, 0.4) is 0 Å². The molecule has 0 aliphatic carbocycles. The van der Waals surface area contributed by atoms with Gasteiger partial charge in [-0.1, -0.05) is 0 Å². The molecule has 0 radical (unpaired) electrons. The molecule has 0 amide bonds. The van der Waals surface area contributed by atoms with Gasteiger partial charge in [0.05, 0.1) is 32.2 Å². The van der Waals surface area contributed by atoms with E-state index in [1.807, 2.05) is 4.90 Å². The second kappa shape index (κ2) is 10.4. The number of thiol groups is 1. The highest BCUT2D eigenvalue weighted by molar-refractivity contribution is 7.72. The Labute approximate surface area is 187 Å². The summed E-state index contributed by atoms with van der Waals surface area (Å²) >= 11 is 6.29. The van der Waals surface area contributed by atoms with Gasteiger partial charge in [-0.3, -0.25) is 9.80 Å². The van der Waals surface area contributed by atoms with Crippen molar-refractivity contribution in [2.75, 3.05) is 77.0 Å². The van der Waals surface area contributed by atoms with E-state index in [4.69, 9.17) is 26.1 Å². The number of ether oxygens (including phenoxy) is 2. The van der Waals surface area contributed by atoms with Crippen LogP contribution in [-0.2, 0) is 33.3 Å². The minimum Gasteiger partial charge on any atom is -0.383 e.